The maximum atomic E-state index is 11.9. The molecule has 5 heteroatoms. The predicted molar refractivity (Wildman–Crippen MR) is 88.2 cm³/mol. The molecule has 0 aromatic heterocycles. The molecule has 0 saturated carbocycles. The molecule has 2 aromatic rings. The van der Waals surface area contributed by atoms with E-state index in [-0.39, 0.29) is 18.3 Å². The Morgan fingerprint density at radius 3 is 2.43 bits per heavy atom. The summed E-state index contributed by atoms with van der Waals surface area (Å²) in [5.74, 6) is 1.01. The average Bonchev–Trinajstić information content (AvgIpc) is 2.60. The summed E-state index contributed by atoms with van der Waals surface area (Å²) in [5.41, 5.74) is 1.28. The normalized spacial score (nSPS) is 10.0. The average molecular weight is 313 g/mol. The Morgan fingerprint density at radius 2 is 1.78 bits per heavy atom. The number of benzene rings is 2. The second-order valence-corrected chi connectivity index (χ2v) is 4.87. The third-order valence-corrected chi connectivity index (χ3v) is 3.22. The molecule has 0 aliphatic rings. The van der Waals surface area contributed by atoms with Crippen LogP contribution in [0.3, 0.4) is 0 Å². The summed E-state index contributed by atoms with van der Waals surface area (Å²) in [5, 5.41) is 2.73. The fourth-order valence-corrected chi connectivity index (χ4v) is 1.99. The van der Waals surface area contributed by atoms with Crippen molar-refractivity contribution in [3.05, 3.63) is 54.1 Å². The Hall–Kier alpha value is -2.82. The van der Waals surface area contributed by atoms with Crippen LogP contribution < -0.4 is 14.8 Å². The molecule has 0 spiro atoms. The number of carbonyl (C=O) groups excluding carboxylic acids is 2. The van der Waals surface area contributed by atoms with Gasteiger partial charge in [0, 0.05) is 23.7 Å². The first-order valence-electron chi connectivity index (χ1n) is 7.32. The van der Waals surface area contributed by atoms with Gasteiger partial charge in [0.25, 0.3) is 5.91 Å². The lowest BCUT2D eigenvalue weighted by Gasteiger charge is -2.09. The number of rotatable bonds is 7. The number of nitrogens with one attached hydrogen (secondary N) is 1. The molecule has 0 atom stereocenters. The SMILES string of the molecule is CCC(=O)c1ccc(OCC(=O)Nc2cccc(OC)c2)cc1. The van der Waals surface area contributed by atoms with E-state index >= 15 is 0 Å². The molecule has 120 valence electrons. The molecule has 0 heterocycles. The summed E-state index contributed by atoms with van der Waals surface area (Å²) in [7, 11) is 1.57. The van der Waals surface area contributed by atoms with E-state index in [1.807, 2.05) is 6.92 Å². The van der Waals surface area contributed by atoms with Crippen molar-refractivity contribution in [1.82, 2.24) is 0 Å². The molecule has 2 aromatic carbocycles. The van der Waals surface area contributed by atoms with Crippen LogP contribution in [0.1, 0.15) is 23.7 Å². The van der Waals surface area contributed by atoms with Gasteiger partial charge in [-0.2, -0.15) is 0 Å². The highest BCUT2D eigenvalue weighted by atomic mass is 16.5. The lowest BCUT2D eigenvalue weighted by atomic mass is 10.1. The van der Waals surface area contributed by atoms with Gasteiger partial charge in [0.2, 0.25) is 0 Å². The van der Waals surface area contributed by atoms with Gasteiger partial charge in [-0.1, -0.05) is 13.0 Å². The summed E-state index contributed by atoms with van der Waals surface area (Å²) in [6.07, 6.45) is 0.461. The van der Waals surface area contributed by atoms with E-state index < -0.39 is 0 Å². The molecule has 0 aliphatic heterocycles. The molecular weight excluding hydrogens is 294 g/mol. The molecule has 1 amide bonds. The number of amides is 1. The van der Waals surface area contributed by atoms with Crippen LogP contribution in [0.4, 0.5) is 5.69 Å². The topological polar surface area (TPSA) is 64.6 Å². The van der Waals surface area contributed by atoms with Crippen LogP contribution in [-0.4, -0.2) is 25.4 Å². The Kier molecular flexibility index (Phi) is 5.74. The van der Waals surface area contributed by atoms with Gasteiger partial charge < -0.3 is 14.8 Å². The van der Waals surface area contributed by atoms with E-state index in [1.54, 1.807) is 55.6 Å². The van der Waals surface area contributed by atoms with Crippen LogP contribution in [0.2, 0.25) is 0 Å². The predicted octanol–water partition coefficient (Wildman–Crippen LogP) is 3.31. The summed E-state index contributed by atoms with van der Waals surface area (Å²) in [4.78, 5) is 23.4. The summed E-state index contributed by atoms with van der Waals surface area (Å²) in [6, 6.07) is 13.8. The second-order valence-electron chi connectivity index (χ2n) is 4.87. The number of ether oxygens (including phenoxy) is 2. The van der Waals surface area contributed by atoms with Gasteiger partial charge in [-0.25, -0.2) is 0 Å². The number of anilines is 1. The molecule has 2 rings (SSSR count). The molecule has 23 heavy (non-hydrogen) atoms. The van der Waals surface area contributed by atoms with Crippen molar-refractivity contribution < 1.29 is 19.1 Å². The number of hydrogen-bond acceptors (Lipinski definition) is 4. The first-order chi connectivity index (χ1) is 11.1. The molecular formula is C18H19NO4. The largest absolute Gasteiger partial charge is 0.497 e. The van der Waals surface area contributed by atoms with Gasteiger partial charge in [0.05, 0.1) is 7.11 Å². The molecule has 0 radical (unpaired) electrons. The van der Waals surface area contributed by atoms with Crippen LogP contribution in [0.5, 0.6) is 11.5 Å². The summed E-state index contributed by atoms with van der Waals surface area (Å²) >= 11 is 0. The van der Waals surface area contributed by atoms with E-state index in [0.717, 1.165) is 0 Å². The Morgan fingerprint density at radius 1 is 1.04 bits per heavy atom. The van der Waals surface area contributed by atoms with Crippen molar-refractivity contribution in [2.45, 2.75) is 13.3 Å². The molecule has 0 saturated heterocycles. The van der Waals surface area contributed by atoms with Crippen LogP contribution in [0.25, 0.3) is 0 Å². The van der Waals surface area contributed by atoms with Crippen molar-refractivity contribution >= 4 is 17.4 Å². The van der Waals surface area contributed by atoms with Gasteiger partial charge in [-0.15, -0.1) is 0 Å². The molecule has 0 unspecified atom stereocenters. The summed E-state index contributed by atoms with van der Waals surface area (Å²) in [6.45, 7) is 1.70. The highest BCUT2D eigenvalue weighted by Crippen LogP contribution is 2.17. The third-order valence-electron chi connectivity index (χ3n) is 3.22. The Balaban J connectivity index is 1.87. The van der Waals surface area contributed by atoms with Crippen LogP contribution in [0.15, 0.2) is 48.5 Å². The lowest BCUT2D eigenvalue weighted by molar-refractivity contribution is -0.118. The van der Waals surface area contributed by atoms with Gasteiger partial charge in [-0.3, -0.25) is 9.59 Å². The second kappa shape index (κ2) is 7.98. The summed E-state index contributed by atoms with van der Waals surface area (Å²) < 4.78 is 10.5. The molecule has 5 nitrogen and oxygen atoms in total. The molecule has 0 bridgehead atoms. The highest BCUT2D eigenvalue weighted by molar-refractivity contribution is 5.96. The number of ketones is 1. The smallest absolute Gasteiger partial charge is 0.262 e. The van der Waals surface area contributed by atoms with E-state index in [0.29, 0.717) is 29.2 Å². The minimum atomic E-state index is -0.271. The van der Waals surface area contributed by atoms with Crippen LogP contribution in [-0.2, 0) is 4.79 Å². The van der Waals surface area contributed by atoms with E-state index in [1.165, 1.54) is 0 Å². The standard InChI is InChI=1S/C18H19NO4/c1-3-17(20)13-7-9-15(10-8-13)23-12-18(21)19-14-5-4-6-16(11-14)22-2/h4-11H,3,12H2,1-2H3,(H,19,21). The van der Waals surface area contributed by atoms with Crippen molar-refractivity contribution in [2.75, 3.05) is 19.0 Å². The van der Waals surface area contributed by atoms with Crippen molar-refractivity contribution in [1.29, 1.82) is 0 Å². The van der Waals surface area contributed by atoms with E-state index in [9.17, 15) is 9.59 Å². The minimum Gasteiger partial charge on any atom is -0.497 e. The number of hydrogen-bond donors (Lipinski definition) is 1. The highest BCUT2D eigenvalue weighted by Gasteiger charge is 2.06. The van der Waals surface area contributed by atoms with Gasteiger partial charge in [0.15, 0.2) is 12.4 Å². The van der Waals surface area contributed by atoms with Crippen LogP contribution in [0, 0.1) is 0 Å². The number of methoxy groups -OCH3 is 1. The fourth-order valence-electron chi connectivity index (χ4n) is 1.99. The molecule has 1 N–H and O–H groups in total. The lowest BCUT2D eigenvalue weighted by Crippen LogP contribution is -2.20. The first-order valence-corrected chi connectivity index (χ1v) is 7.32. The number of Topliss-reactive ketones (excluding diaryl/α,β-unsaturated/α-hetero) is 1. The Bertz CT molecular complexity index is 680. The van der Waals surface area contributed by atoms with Crippen molar-refractivity contribution in [3.63, 3.8) is 0 Å². The maximum Gasteiger partial charge on any atom is 0.262 e. The Labute approximate surface area is 135 Å². The van der Waals surface area contributed by atoms with Gasteiger partial charge in [0.1, 0.15) is 11.5 Å². The van der Waals surface area contributed by atoms with Crippen molar-refractivity contribution in [3.8, 4) is 11.5 Å². The zero-order chi connectivity index (χ0) is 16.7. The monoisotopic (exact) mass is 313 g/mol. The van der Waals surface area contributed by atoms with Gasteiger partial charge in [-0.05, 0) is 36.4 Å². The zero-order valence-corrected chi connectivity index (χ0v) is 13.2. The number of carbonyl (C=O) groups is 2. The molecule has 0 aliphatic carbocycles. The maximum absolute atomic E-state index is 11.9. The van der Waals surface area contributed by atoms with Gasteiger partial charge >= 0.3 is 0 Å². The van der Waals surface area contributed by atoms with E-state index in [2.05, 4.69) is 5.32 Å². The first kappa shape index (κ1) is 16.5. The zero-order valence-electron chi connectivity index (χ0n) is 13.2. The van der Waals surface area contributed by atoms with E-state index in [4.69, 9.17) is 9.47 Å². The van der Waals surface area contributed by atoms with Crippen molar-refractivity contribution in [2.24, 2.45) is 0 Å². The molecule has 0 fully saturated rings. The fraction of sp³-hybridized carbons (Fsp3) is 0.222. The third kappa shape index (κ3) is 4.85. The minimum absolute atomic E-state index is 0.0762. The quantitative estimate of drug-likeness (QED) is 0.797. The van der Waals surface area contributed by atoms with Crippen LogP contribution >= 0.6 is 0 Å².